The highest BCUT2D eigenvalue weighted by atomic mass is 35.5. The molecule has 2 rings (SSSR count). The van der Waals surface area contributed by atoms with Gasteiger partial charge in [0.1, 0.15) is 0 Å². The molecule has 1 atom stereocenters. The first kappa shape index (κ1) is 20.0. The van der Waals surface area contributed by atoms with Gasteiger partial charge in [0, 0.05) is 23.0 Å². The Morgan fingerprint density at radius 3 is 2.23 bits per heavy atom. The fourth-order valence-corrected chi connectivity index (χ4v) is 3.25. The van der Waals surface area contributed by atoms with Crippen molar-refractivity contribution < 1.29 is 19.1 Å². The number of esters is 2. The molecule has 0 spiro atoms. The lowest BCUT2D eigenvalue weighted by Crippen LogP contribution is -2.35. The molecular formula is C19H23ClN2O4. The predicted octanol–water partition coefficient (Wildman–Crippen LogP) is 2.64. The maximum absolute atomic E-state index is 12.7. The highest BCUT2D eigenvalue weighted by Crippen LogP contribution is 2.41. The lowest BCUT2D eigenvalue weighted by Gasteiger charge is -2.31. The Labute approximate surface area is 158 Å². The monoisotopic (exact) mass is 378 g/mol. The van der Waals surface area contributed by atoms with E-state index in [-0.39, 0.29) is 25.3 Å². The van der Waals surface area contributed by atoms with E-state index in [9.17, 15) is 9.59 Å². The van der Waals surface area contributed by atoms with Gasteiger partial charge < -0.3 is 20.5 Å². The fraction of sp³-hybridized carbons (Fsp3) is 0.368. The number of hydrogen-bond donors (Lipinski definition) is 2. The lowest BCUT2D eigenvalue weighted by molar-refractivity contribution is -0.139. The van der Waals surface area contributed by atoms with Crippen LogP contribution in [0.15, 0.2) is 46.8 Å². The largest absolute Gasteiger partial charge is 0.463 e. The predicted molar refractivity (Wildman–Crippen MR) is 99.4 cm³/mol. The van der Waals surface area contributed by atoms with Crippen LogP contribution in [0.1, 0.15) is 32.3 Å². The average molecular weight is 379 g/mol. The van der Waals surface area contributed by atoms with Gasteiger partial charge in [0.15, 0.2) is 0 Å². The Bertz CT molecular complexity index is 771. The summed E-state index contributed by atoms with van der Waals surface area (Å²) in [5, 5.41) is 3.49. The maximum atomic E-state index is 12.7. The number of allylic oxidation sites excluding steroid dienone is 1. The Morgan fingerprint density at radius 1 is 1.12 bits per heavy atom. The molecule has 0 saturated carbocycles. The van der Waals surface area contributed by atoms with Gasteiger partial charge in [-0.2, -0.15) is 0 Å². The second-order valence-electron chi connectivity index (χ2n) is 5.66. The summed E-state index contributed by atoms with van der Waals surface area (Å²) < 4.78 is 10.4. The third-order valence-corrected chi connectivity index (χ3v) is 4.40. The van der Waals surface area contributed by atoms with Crippen molar-refractivity contribution in [2.45, 2.75) is 26.7 Å². The summed E-state index contributed by atoms with van der Waals surface area (Å²) >= 11 is 6.39. The molecule has 0 aromatic heterocycles. The Morgan fingerprint density at radius 2 is 1.69 bits per heavy atom. The molecule has 1 aliphatic heterocycles. The zero-order valence-electron chi connectivity index (χ0n) is 15.1. The molecule has 26 heavy (non-hydrogen) atoms. The minimum atomic E-state index is -0.721. The molecule has 1 heterocycles. The fourth-order valence-electron chi connectivity index (χ4n) is 3.01. The number of carbonyl (C=O) groups is 2. The van der Waals surface area contributed by atoms with Crippen molar-refractivity contribution >= 4 is 23.5 Å². The summed E-state index contributed by atoms with van der Waals surface area (Å²) in [7, 11) is 0. The Kier molecular flexibility index (Phi) is 6.83. The molecule has 1 unspecified atom stereocenters. The van der Waals surface area contributed by atoms with Gasteiger partial charge in [0.2, 0.25) is 0 Å². The van der Waals surface area contributed by atoms with E-state index in [1.54, 1.807) is 45.0 Å². The van der Waals surface area contributed by atoms with Crippen molar-refractivity contribution in [3.63, 3.8) is 0 Å². The van der Waals surface area contributed by atoms with Crippen LogP contribution in [0.25, 0.3) is 0 Å². The molecule has 1 aromatic carbocycles. The number of carbonyl (C=O) groups excluding carboxylic acids is 2. The summed E-state index contributed by atoms with van der Waals surface area (Å²) in [6, 6.07) is 7.07. The van der Waals surface area contributed by atoms with Crippen LogP contribution in [0, 0.1) is 0 Å². The molecule has 6 nitrogen and oxygen atoms in total. The van der Waals surface area contributed by atoms with Gasteiger partial charge in [0.05, 0.1) is 30.3 Å². The highest BCUT2D eigenvalue weighted by molar-refractivity contribution is 6.31. The quantitative estimate of drug-likeness (QED) is 0.739. The van der Waals surface area contributed by atoms with E-state index in [1.807, 2.05) is 0 Å². The van der Waals surface area contributed by atoms with Gasteiger partial charge in [-0.1, -0.05) is 29.8 Å². The Balaban J connectivity index is 2.71. The molecule has 0 saturated heterocycles. The average Bonchev–Trinajstić information content (AvgIpc) is 2.61. The molecule has 1 aliphatic rings. The standard InChI is InChI=1S/C19H23ClN2O4/c1-4-25-18(23)15-11(3)22-14(10-21)17(19(24)26-5-2)16(15)12-8-6-7-9-13(12)20/h6-9,16,22H,4-5,10,21H2,1-3H3. The zero-order valence-corrected chi connectivity index (χ0v) is 15.9. The second-order valence-corrected chi connectivity index (χ2v) is 6.06. The van der Waals surface area contributed by atoms with Gasteiger partial charge in [0.25, 0.3) is 0 Å². The third kappa shape index (κ3) is 3.92. The Hall–Kier alpha value is -2.31. The van der Waals surface area contributed by atoms with E-state index in [0.29, 0.717) is 27.6 Å². The van der Waals surface area contributed by atoms with E-state index in [0.717, 1.165) is 0 Å². The number of dihydropyridines is 1. The molecule has 1 aromatic rings. The van der Waals surface area contributed by atoms with E-state index in [1.165, 1.54) is 0 Å². The van der Waals surface area contributed by atoms with Gasteiger partial charge in [-0.25, -0.2) is 9.59 Å². The molecule has 140 valence electrons. The van der Waals surface area contributed by atoms with Crippen LogP contribution in [0.3, 0.4) is 0 Å². The first-order valence-corrected chi connectivity index (χ1v) is 8.83. The van der Waals surface area contributed by atoms with Crippen LogP contribution in [0.5, 0.6) is 0 Å². The van der Waals surface area contributed by atoms with Crippen molar-refractivity contribution in [1.82, 2.24) is 5.32 Å². The molecule has 7 heteroatoms. The van der Waals surface area contributed by atoms with Gasteiger partial charge in [-0.15, -0.1) is 0 Å². The normalized spacial score (nSPS) is 17.0. The van der Waals surface area contributed by atoms with Gasteiger partial charge in [-0.3, -0.25) is 0 Å². The smallest absolute Gasteiger partial charge is 0.336 e. The second kappa shape index (κ2) is 8.87. The minimum absolute atomic E-state index is 0.0859. The van der Waals surface area contributed by atoms with Crippen LogP contribution in [-0.4, -0.2) is 31.7 Å². The lowest BCUT2D eigenvalue weighted by atomic mass is 9.80. The van der Waals surface area contributed by atoms with Gasteiger partial charge >= 0.3 is 11.9 Å². The van der Waals surface area contributed by atoms with Crippen molar-refractivity contribution in [3.05, 3.63) is 57.4 Å². The van der Waals surface area contributed by atoms with E-state index in [2.05, 4.69) is 5.32 Å². The summed E-state index contributed by atoms with van der Waals surface area (Å²) in [4.78, 5) is 25.4. The number of halogens is 1. The summed E-state index contributed by atoms with van der Waals surface area (Å²) in [6.45, 7) is 5.69. The van der Waals surface area contributed by atoms with Gasteiger partial charge in [-0.05, 0) is 32.4 Å². The number of hydrogen-bond acceptors (Lipinski definition) is 6. The molecule has 0 radical (unpaired) electrons. The van der Waals surface area contributed by atoms with Crippen molar-refractivity contribution in [2.24, 2.45) is 5.73 Å². The van der Waals surface area contributed by atoms with E-state index < -0.39 is 17.9 Å². The van der Waals surface area contributed by atoms with Crippen LogP contribution in [-0.2, 0) is 19.1 Å². The van der Waals surface area contributed by atoms with Crippen LogP contribution in [0.2, 0.25) is 5.02 Å². The summed E-state index contributed by atoms with van der Waals surface area (Å²) in [6.07, 6.45) is 0. The van der Waals surface area contributed by atoms with Crippen LogP contribution in [0.4, 0.5) is 0 Å². The van der Waals surface area contributed by atoms with Crippen LogP contribution >= 0.6 is 11.6 Å². The van der Waals surface area contributed by atoms with Crippen molar-refractivity contribution in [2.75, 3.05) is 19.8 Å². The number of ether oxygens (including phenoxy) is 2. The third-order valence-electron chi connectivity index (χ3n) is 4.06. The zero-order chi connectivity index (χ0) is 19.3. The topological polar surface area (TPSA) is 90.6 Å². The summed E-state index contributed by atoms with van der Waals surface area (Å²) in [5.41, 5.74) is 8.13. The number of rotatable bonds is 6. The number of nitrogens with two attached hydrogens (primary N) is 1. The summed E-state index contributed by atoms with van der Waals surface area (Å²) in [5.74, 6) is -1.78. The molecule has 0 aliphatic carbocycles. The SMILES string of the molecule is CCOC(=O)C1=C(C)NC(CN)=C(C(=O)OCC)C1c1ccccc1Cl. The van der Waals surface area contributed by atoms with E-state index in [4.69, 9.17) is 26.8 Å². The van der Waals surface area contributed by atoms with Crippen LogP contribution < -0.4 is 11.1 Å². The highest BCUT2D eigenvalue weighted by Gasteiger charge is 2.39. The first-order chi connectivity index (χ1) is 12.5. The maximum Gasteiger partial charge on any atom is 0.336 e. The molecule has 0 bridgehead atoms. The molecular weight excluding hydrogens is 356 g/mol. The van der Waals surface area contributed by atoms with Crippen molar-refractivity contribution in [3.8, 4) is 0 Å². The molecule has 0 fully saturated rings. The minimum Gasteiger partial charge on any atom is -0.463 e. The number of nitrogens with one attached hydrogen (secondary N) is 1. The van der Waals surface area contributed by atoms with E-state index >= 15 is 0 Å². The molecule has 3 N–H and O–H groups in total. The molecule has 0 amide bonds. The number of benzene rings is 1. The van der Waals surface area contributed by atoms with Crippen molar-refractivity contribution in [1.29, 1.82) is 0 Å². The first-order valence-electron chi connectivity index (χ1n) is 8.45.